The third-order valence-electron chi connectivity index (χ3n) is 9.26. The molecule has 0 aromatic heterocycles. The van der Waals surface area contributed by atoms with Gasteiger partial charge in [0.2, 0.25) is 5.82 Å². The molecular weight excluding hydrogens is 481 g/mol. The molecule has 3 aromatic carbocycles. The first-order chi connectivity index (χ1) is 18.5. The molecule has 2 fully saturated rings. The number of rotatable bonds is 7. The summed E-state index contributed by atoms with van der Waals surface area (Å²) in [6.45, 7) is 2.30. The van der Waals surface area contributed by atoms with E-state index in [1.807, 2.05) is 24.3 Å². The number of ether oxygens (including phenoxy) is 1. The molecule has 2 aliphatic carbocycles. The summed E-state index contributed by atoms with van der Waals surface area (Å²) < 4.78 is 48.8. The van der Waals surface area contributed by atoms with Gasteiger partial charge in [-0.1, -0.05) is 69.0 Å². The van der Waals surface area contributed by atoms with Crippen molar-refractivity contribution in [2.75, 3.05) is 7.11 Å². The minimum Gasteiger partial charge on any atom is -0.494 e. The minimum atomic E-state index is -1.000. The van der Waals surface area contributed by atoms with E-state index in [-0.39, 0.29) is 17.1 Å². The third-order valence-corrected chi connectivity index (χ3v) is 9.26. The molecule has 0 unspecified atom stereocenters. The highest BCUT2D eigenvalue weighted by Gasteiger charge is 2.31. The van der Waals surface area contributed by atoms with Crippen molar-refractivity contribution in [2.45, 2.75) is 77.0 Å². The van der Waals surface area contributed by atoms with E-state index in [1.54, 1.807) is 18.2 Å². The number of hydrogen-bond donors (Lipinski definition) is 0. The van der Waals surface area contributed by atoms with Crippen LogP contribution < -0.4 is 4.74 Å². The third kappa shape index (κ3) is 5.65. The molecule has 5 rings (SSSR count). The van der Waals surface area contributed by atoms with Crippen molar-refractivity contribution >= 4 is 0 Å². The van der Waals surface area contributed by atoms with Gasteiger partial charge in [0, 0.05) is 5.56 Å². The average molecular weight is 521 g/mol. The maximum atomic E-state index is 15.3. The van der Waals surface area contributed by atoms with Gasteiger partial charge >= 0.3 is 0 Å². The maximum Gasteiger partial charge on any atom is 0.201 e. The Hall–Kier alpha value is -2.75. The molecule has 0 bridgehead atoms. The van der Waals surface area contributed by atoms with Crippen LogP contribution in [0.4, 0.5) is 13.2 Å². The molecule has 2 saturated carbocycles. The van der Waals surface area contributed by atoms with Gasteiger partial charge in [-0.3, -0.25) is 0 Å². The Bertz CT molecular complexity index is 1220. The van der Waals surface area contributed by atoms with Crippen LogP contribution in [0.15, 0.2) is 54.6 Å². The van der Waals surface area contributed by atoms with Crippen molar-refractivity contribution in [2.24, 2.45) is 17.8 Å². The van der Waals surface area contributed by atoms with Gasteiger partial charge in [0.05, 0.1) is 7.11 Å². The second-order valence-electron chi connectivity index (χ2n) is 11.4. The highest BCUT2D eigenvalue weighted by Crippen LogP contribution is 2.45. The lowest BCUT2D eigenvalue weighted by molar-refractivity contribution is 0.156. The summed E-state index contributed by atoms with van der Waals surface area (Å²) in [6.07, 6.45) is 12.9. The summed E-state index contributed by atoms with van der Waals surface area (Å²) in [6, 6.07) is 15.6. The Balaban J connectivity index is 1.22. The van der Waals surface area contributed by atoms with E-state index in [2.05, 4.69) is 6.92 Å². The van der Waals surface area contributed by atoms with Gasteiger partial charge in [0.25, 0.3) is 0 Å². The minimum absolute atomic E-state index is 0.124. The van der Waals surface area contributed by atoms with Crippen molar-refractivity contribution in [1.29, 1.82) is 0 Å². The molecule has 0 spiro atoms. The van der Waals surface area contributed by atoms with Crippen LogP contribution in [-0.4, -0.2) is 7.11 Å². The van der Waals surface area contributed by atoms with Crippen LogP contribution in [0.3, 0.4) is 0 Å². The van der Waals surface area contributed by atoms with Crippen LogP contribution in [0.1, 0.15) is 82.6 Å². The molecule has 2 aliphatic rings. The Labute approximate surface area is 225 Å². The average Bonchev–Trinajstić information content (AvgIpc) is 2.95. The molecule has 0 saturated heterocycles. The zero-order chi connectivity index (χ0) is 26.6. The van der Waals surface area contributed by atoms with Crippen molar-refractivity contribution in [3.8, 4) is 28.0 Å². The smallest absolute Gasteiger partial charge is 0.201 e. The molecule has 0 N–H and O–H groups in total. The lowest BCUT2D eigenvalue weighted by Crippen LogP contribution is -2.25. The van der Waals surface area contributed by atoms with E-state index in [4.69, 9.17) is 4.74 Å². The maximum absolute atomic E-state index is 15.3. The predicted molar refractivity (Wildman–Crippen MR) is 149 cm³/mol. The second-order valence-corrected chi connectivity index (χ2v) is 11.4. The molecule has 1 nitrogen and oxygen atoms in total. The Morgan fingerprint density at radius 2 is 1.29 bits per heavy atom. The Kier molecular flexibility index (Phi) is 8.45. The lowest BCUT2D eigenvalue weighted by atomic mass is 9.68. The predicted octanol–water partition coefficient (Wildman–Crippen LogP) is 10.3. The largest absolute Gasteiger partial charge is 0.494 e. The standard InChI is InChI=1S/C34H39F3O/c1-3-4-22-5-7-23(8-6-22)24-9-13-26(14-10-24)29-18-17-28(21-31(29)35)25-11-15-27(16-12-25)30-19-20-32(38-2)34(37)33(30)36/h11-12,15-24,26H,3-10,13-14H2,1-2H3. The van der Waals surface area contributed by atoms with Crippen molar-refractivity contribution in [1.82, 2.24) is 0 Å². The van der Waals surface area contributed by atoms with Crippen LogP contribution in [-0.2, 0) is 0 Å². The molecule has 0 atom stereocenters. The zero-order valence-corrected chi connectivity index (χ0v) is 22.6. The molecule has 0 amide bonds. The number of halogens is 3. The summed E-state index contributed by atoms with van der Waals surface area (Å²) in [7, 11) is 1.31. The second kappa shape index (κ2) is 12.0. The Morgan fingerprint density at radius 3 is 1.89 bits per heavy atom. The van der Waals surface area contributed by atoms with E-state index >= 15 is 4.39 Å². The van der Waals surface area contributed by atoms with E-state index in [0.29, 0.717) is 11.5 Å². The Morgan fingerprint density at radius 1 is 0.684 bits per heavy atom. The zero-order valence-electron chi connectivity index (χ0n) is 22.6. The van der Waals surface area contributed by atoms with E-state index in [0.717, 1.165) is 47.3 Å². The normalized spacial score (nSPS) is 23.8. The first kappa shape index (κ1) is 26.8. The van der Waals surface area contributed by atoms with Gasteiger partial charge in [0.1, 0.15) is 5.82 Å². The highest BCUT2D eigenvalue weighted by atomic mass is 19.2. The summed E-state index contributed by atoms with van der Waals surface area (Å²) in [5.74, 6) is 0.738. The molecule has 3 aromatic rings. The SMILES string of the molecule is CCCC1CCC(C2CCC(c3ccc(-c4ccc(-c5ccc(OC)c(F)c5F)cc4)cc3F)CC2)CC1. The lowest BCUT2D eigenvalue weighted by Gasteiger charge is -2.38. The van der Waals surface area contributed by atoms with Gasteiger partial charge in [-0.2, -0.15) is 4.39 Å². The quantitative estimate of drug-likeness (QED) is 0.301. The molecular formula is C34H39F3O. The van der Waals surface area contributed by atoms with Gasteiger partial charge in [-0.15, -0.1) is 0 Å². The van der Waals surface area contributed by atoms with E-state index in [1.165, 1.54) is 70.6 Å². The van der Waals surface area contributed by atoms with Gasteiger partial charge in [-0.25, -0.2) is 8.78 Å². The van der Waals surface area contributed by atoms with Crippen LogP contribution in [0.5, 0.6) is 5.75 Å². The fourth-order valence-electron chi connectivity index (χ4n) is 7.05. The molecule has 38 heavy (non-hydrogen) atoms. The van der Waals surface area contributed by atoms with Crippen molar-refractivity contribution < 1.29 is 17.9 Å². The molecule has 202 valence electrons. The topological polar surface area (TPSA) is 9.23 Å². The molecule has 0 aliphatic heterocycles. The number of hydrogen-bond acceptors (Lipinski definition) is 1. The first-order valence-electron chi connectivity index (χ1n) is 14.4. The molecule has 0 radical (unpaired) electrons. The van der Waals surface area contributed by atoms with Crippen LogP contribution in [0.25, 0.3) is 22.3 Å². The van der Waals surface area contributed by atoms with Crippen LogP contribution >= 0.6 is 0 Å². The number of methoxy groups -OCH3 is 1. The van der Waals surface area contributed by atoms with E-state index < -0.39 is 11.6 Å². The highest BCUT2D eigenvalue weighted by molar-refractivity contribution is 5.71. The fraction of sp³-hybridized carbons (Fsp3) is 0.471. The summed E-state index contributed by atoms with van der Waals surface area (Å²) in [4.78, 5) is 0. The fourth-order valence-corrected chi connectivity index (χ4v) is 7.05. The van der Waals surface area contributed by atoms with Gasteiger partial charge < -0.3 is 4.74 Å². The molecule has 4 heteroatoms. The van der Waals surface area contributed by atoms with E-state index in [9.17, 15) is 8.78 Å². The van der Waals surface area contributed by atoms with Crippen molar-refractivity contribution in [3.63, 3.8) is 0 Å². The van der Waals surface area contributed by atoms with Gasteiger partial charge in [-0.05, 0) is 103 Å². The van der Waals surface area contributed by atoms with Gasteiger partial charge in [0.15, 0.2) is 11.6 Å². The van der Waals surface area contributed by atoms with Crippen LogP contribution in [0, 0.1) is 35.2 Å². The van der Waals surface area contributed by atoms with Crippen LogP contribution in [0.2, 0.25) is 0 Å². The number of benzene rings is 3. The monoisotopic (exact) mass is 520 g/mol. The summed E-state index contributed by atoms with van der Waals surface area (Å²) in [5.41, 5.74) is 3.19. The van der Waals surface area contributed by atoms with Crippen molar-refractivity contribution in [3.05, 3.63) is 77.6 Å². The molecule has 0 heterocycles. The summed E-state index contributed by atoms with van der Waals surface area (Å²) in [5, 5.41) is 0. The first-order valence-corrected chi connectivity index (χ1v) is 14.4. The summed E-state index contributed by atoms with van der Waals surface area (Å²) >= 11 is 0.